The molecule has 3 rings (SSSR count). The van der Waals surface area contributed by atoms with Gasteiger partial charge in [0.2, 0.25) is 0 Å². The predicted octanol–water partition coefficient (Wildman–Crippen LogP) is 5.61. The van der Waals surface area contributed by atoms with Crippen LogP contribution < -0.4 is 14.9 Å². The summed E-state index contributed by atoms with van der Waals surface area (Å²) in [6.45, 7) is 2.42. The number of amides is 1. The molecule has 0 aliphatic heterocycles. The molecule has 0 unspecified atom stereocenters. The first-order chi connectivity index (χ1) is 14.5. The fourth-order valence-corrected chi connectivity index (χ4v) is 2.89. The van der Waals surface area contributed by atoms with Gasteiger partial charge in [0.1, 0.15) is 24.7 Å². The predicted molar refractivity (Wildman–Crippen MR) is 120 cm³/mol. The second-order valence-corrected chi connectivity index (χ2v) is 7.09. The van der Waals surface area contributed by atoms with E-state index in [0.717, 1.165) is 11.3 Å². The topological polar surface area (TPSA) is 59.9 Å². The highest BCUT2D eigenvalue weighted by Gasteiger charge is 2.12. The van der Waals surface area contributed by atoms with Crippen LogP contribution in [0.5, 0.6) is 11.5 Å². The van der Waals surface area contributed by atoms with E-state index in [0.29, 0.717) is 40.3 Å². The number of ether oxygens (including phenoxy) is 2. The van der Waals surface area contributed by atoms with E-state index in [9.17, 15) is 4.79 Å². The lowest BCUT2D eigenvalue weighted by Crippen LogP contribution is -2.21. The monoisotopic (exact) mass is 442 g/mol. The van der Waals surface area contributed by atoms with Crippen LogP contribution in [0, 0.1) is 0 Å². The first-order valence-electron chi connectivity index (χ1n) is 9.24. The van der Waals surface area contributed by atoms with Crippen LogP contribution in [-0.4, -0.2) is 24.8 Å². The van der Waals surface area contributed by atoms with Crippen LogP contribution in [0.2, 0.25) is 10.0 Å². The molecule has 3 aromatic rings. The Hall–Kier alpha value is -3.02. The van der Waals surface area contributed by atoms with E-state index in [-0.39, 0.29) is 5.91 Å². The van der Waals surface area contributed by atoms with E-state index in [2.05, 4.69) is 10.5 Å². The summed E-state index contributed by atoms with van der Waals surface area (Å²) in [7, 11) is 0. The quantitative estimate of drug-likeness (QED) is 0.280. The van der Waals surface area contributed by atoms with Crippen molar-refractivity contribution in [1.82, 2.24) is 5.43 Å². The van der Waals surface area contributed by atoms with Crippen molar-refractivity contribution >= 4 is 34.8 Å². The summed E-state index contributed by atoms with van der Waals surface area (Å²) in [6.07, 6.45) is 0. The summed E-state index contributed by atoms with van der Waals surface area (Å²) in [6, 6.07) is 21.6. The van der Waals surface area contributed by atoms with Gasteiger partial charge in [-0.3, -0.25) is 4.79 Å². The summed E-state index contributed by atoms with van der Waals surface area (Å²) in [5.41, 5.74) is 4.28. The van der Waals surface area contributed by atoms with Gasteiger partial charge in [0, 0.05) is 0 Å². The molecular weight excluding hydrogens is 423 g/mol. The maximum absolute atomic E-state index is 12.6. The molecule has 0 bridgehead atoms. The Morgan fingerprint density at radius 1 is 0.900 bits per heavy atom. The fourth-order valence-electron chi connectivity index (χ4n) is 2.59. The van der Waals surface area contributed by atoms with E-state index < -0.39 is 0 Å². The number of carbonyl (C=O) groups excluding carboxylic acids is 1. The molecule has 1 amide bonds. The number of nitrogens with one attached hydrogen (secondary N) is 1. The lowest BCUT2D eigenvalue weighted by atomic mass is 10.1. The second kappa shape index (κ2) is 10.7. The maximum atomic E-state index is 12.6. The zero-order valence-electron chi connectivity index (χ0n) is 16.3. The summed E-state index contributed by atoms with van der Waals surface area (Å²) in [4.78, 5) is 12.6. The zero-order chi connectivity index (χ0) is 21.3. The summed E-state index contributed by atoms with van der Waals surface area (Å²) < 4.78 is 11.3. The van der Waals surface area contributed by atoms with Gasteiger partial charge in [-0.25, -0.2) is 5.43 Å². The number of rotatable bonds is 8. The van der Waals surface area contributed by atoms with Crippen LogP contribution in [0.3, 0.4) is 0 Å². The van der Waals surface area contributed by atoms with Crippen molar-refractivity contribution in [2.45, 2.75) is 6.92 Å². The molecule has 154 valence electrons. The van der Waals surface area contributed by atoms with Gasteiger partial charge in [-0.1, -0.05) is 59.6 Å². The van der Waals surface area contributed by atoms with Crippen LogP contribution in [0.1, 0.15) is 22.8 Å². The maximum Gasteiger partial charge on any atom is 0.275 e. The number of carbonyl (C=O) groups is 1. The average molecular weight is 443 g/mol. The molecule has 0 aliphatic carbocycles. The molecule has 0 fully saturated rings. The lowest BCUT2D eigenvalue weighted by molar-refractivity contribution is 0.0949. The third-order valence-electron chi connectivity index (χ3n) is 4.15. The van der Waals surface area contributed by atoms with Gasteiger partial charge in [0.05, 0.1) is 21.3 Å². The number of hydrogen-bond donors (Lipinski definition) is 1. The molecule has 0 saturated carbocycles. The molecular formula is C23H20Cl2N2O3. The van der Waals surface area contributed by atoms with Crippen molar-refractivity contribution in [2.75, 3.05) is 13.2 Å². The van der Waals surface area contributed by atoms with Gasteiger partial charge < -0.3 is 9.47 Å². The Bertz CT molecular complexity index is 1040. The summed E-state index contributed by atoms with van der Waals surface area (Å²) >= 11 is 12.0. The molecule has 0 saturated heterocycles. The van der Waals surface area contributed by atoms with Crippen LogP contribution in [-0.2, 0) is 0 Å². The molecule has 3 aromatic carbocycles. The molecule has 0 spiro atoms. The van der Waals surface area contributed by atoms with Gasteiger partial charge in [-0.05, 0) is 48.9 Å². The molecule has 0 atom stereocenters. The molecule has 0 radical (unpaired) electrons. The molecule has 7 heteroatoms. The summed E-state index contributed by atoms with van der Waals surface area (Å²) in [5.74, 6) is 0.835. The van der Waals surface area contributed by atoms with Crippen molar-refractivity contribution in [3.8, 4) is 11.5 Å². The smallest absolute Gasteiger partial charge is 0.275 e. The van der Waals surface area contributed by atoms with E-state index in [1.54, 1.807) is 49.4 Å². The molecule has 1 N–H and O–H groups in total. The number of hydrazone groups is 1. The van der Waals surface area contributed by atoms with Crippen molar-refractivity contribution < 1.29 is 14.3 Å². The lowest BCUT2D eigenvalue weighted by Gasteiger charge is -2.11. The number of halogens is 2. The Kier molecular flexibility index (Phi) is 7.71. The van der Waals surface area contributed by atoms with Gasteiger partial charge >= 0.3 is 0 Å². The first kappa shape index (κ1) is 21.7. The third kappa shape index (κ3) is 5.99. The highest BCUT2D eigenvalue weighted by atomic mass is 35.5. The SMILES string of the molecule is C/C(=N\NC(=O)c1ccccc1OCCOc1ccccc1)c1ccc(Cl)c(Cl)c1. The first-order valence-corrected chi connectivity index (χ1v) is 10.00. The zero-order valence-corrected chi connectivity index (χ0v) is 17.8. The van der Waals surface area contributed by atoms with Crippen LogP contribution in [0.25, 0.3) is 0 Å². The van der Waals surface area contributed by atoms with Gasteiger partial charge in [0.15, 0.2) is 0 Å². The Morgan fingerprint density at radius 3 is 2.37 bits per heavy atom. The van der Waals surface area contributed by atoms with Gasteiger partial charge in [-0.15, -0.1) is 0 Å². The Morgan fingerprint density at radius 2 is 1.60 bits per heavy atom. The number of para-hydroxylation sites is 2. The van der Waals surface area contributed by atoms with E-state index >= 15 is 0 Å². The minimum absolute atomic E-state index is 0.296. The van der Waals surface area contributed by atoms with Crippen LogP contribution in [0.4, 0.5) is 0 Å². The molecule has 0 aromatic heterocycles. The minimum Gasteiger partial charge on any atom is -0.490 e. The normalized spacial score (nSPS) is 11.1. The summed E-state index contributed by atoms with van der Waals surface area (Å²) in [5, 5.41) is 5.03. The van der Waals surface area contributed by atoms with Crippen molar-refractivity contribution in [3.63, 3.8) is 0 Å². The van der Waals surface area contributed by atoms with Crippen molar-refractivity contribution in [1.29, 1.82) is 0 Å². The van der Waals surface area contributed by atoms with E-state index in [1.165, 1.54) is 0 Å². The third-order valence-corrected chi connectivity index (χ3v) is 4.89. The van der Waals surface area contributed by atoms with Crippen LogP contribution in [0.15, 0.2) is 77.9 Å². The standard InChI is InChI=1S/C23H20Cl2N2O3/c1-16(17-11-12-20(24)21(25)15-17)26-27-23(28)19-9-5-6-10-22(19)30-14-13-29-18-7-3-2-4-8-18/h2-12,15H,13-14H2,1H3,(H,27,28)/b26-16+. The molecule has 0 heterocycles. The van der Waals surface area contributed by atoms with Gasteiger partial charge in [0.25, 0.3) is 5.91 Å². The number of hydrogen-bond acceptors (Lipinski definition) is 4. The second-order valence-electron chi connectivity index (χ2n) is 6.27. The highest BCUT2D eigenvalue weighted by molar-refractivity contribution is 6.42. The highest BCUT2D eigenvalue weighted by Crippen LogP contribution is 2.23. The number of benzene rings is 3. The van der Waals surface area contributed by atoms with Gasteiger partial charge in [-0.2, -0.15) is 5.10 Å². The molecule has 30 heavy (non-hydrogen) atoms. The molecule has 5 nitrogen and oxygen atoms in total. The van der Waals surface area contributed by atoms with E-state index in [4.69, 9.17) is 32.7 Å². The minimum atomic E-state index is -0.381. The average Bonchev–Trinajstić information content (AvgIpc) is 2.77. The van der Waals surface area contributed by atoms with Crippen molar-refractivity contribution in [3.05, 3.63) is 94.0 Å². The van der Waals surface area contributed by atoms with E-state index in [1.807, 2.05) is 30.3 Å². The Labute approximate surface area is 185 Å². The molecule has 0 aliphatic rings. The van der Waals surface area contributed by atoms with Crippen LogP contribution >= 0.6 is 23.2 Å². The number of nitrogens with zero attached hydrogens (tertiary/aromatic N) is 1. The largest absolute Gasteiger partial charge is 0.490 e. The Balaban J connectivity index is 1.59. The fraction of sp³-hybridized carbons (Fsp3) is 0.130. The van der Waals surface area contributed by atoms with Crippen molar-refractivity contribution in [2.24, 2.45) is 5.10 Å².